The molecular formula is C31H38F2N6O5. The van der Waals surface area contributed by atoms with E-state index in [1.807, 2.05) is 6.92 Å². The molecule has 236 valence electrons. The van der Waals surface area contributed by atoms with Crippen LogP contribution in [0.25, 0.3) is 0 Å². The Bertz CT molecular complexity index is 1480. The maximum atomic E-state index is 15.4. The summed E-state index contributed by atoms with van der Waals surface area (Å²) < 4.78 is 46.6. The molecule has 1 aromatic carbocycles. The lowest BCUT2D eigenvalue weighted by Crippen LogP contribution is -2.37. The minimum Gasteiger partial charge on any atom is -0.497 e. The number of carbonyl (C=O) groups excluding carboxylic acids is 2. The van der Waals surface area contributed by atoms with E-state index in [-0.39, 0.29) is 35.1 Å². The number of rotatable bonds is 11. The van der Waals surface area contributed by atoms with Crippen LogP contribution >= 0.6 is 0 Å². The van der Waals surface area contributed by atoms with Gasteiger partial charge in [0.05, 0.1) is 50.2 Å². The van der Waals surface area contributed by atoms with Crippen LogP contribution in [0.2, 0.25) is 0 Å². The van der Waals surface area contributed by atoms with Crippen molar-refractivity contribution < 1.29 is 32.6 Å². The number of morpholine rings is 1. The molecule has 3 aromatic rings. The first-order valence-corrected chi connectivity index (χ1v) is 14.2. The number of nitrogens with one attached hydrogen (secondary N) is 2. The van der Waals surface area contributed by atoms with Crippen molar-refractivity contribution in [3.8, 4) is 5.75 Å². The van der Waals surface area contributed by atoms with Crippen LogP contribution in [0.1, 0.15) is 56.1 Å². The maximum absolute atomic E-state index is 15.4. The Morgan fingerprint density at radius 1 is 1.09 bits per heavy atom. The van der Waals surface area contributed by atoms with Gasteiger partial charge in [-0.3, -0.25) is 9.59 Å². The highest BCUT2D eigenvalue weighted by molar-refractivity contribution is 5.98. The van der Waals surface area contributed by atoms with E-state index in [1.54, 1.807) is 57.0 Å². The van der Waals surface area contributed by atoms with Crippen molar-refractivity contribution in [2.75, 3.05) is 48.9 Å². The molecule has 0 unspecified atom stereocenters. The molecule has 1 aliphatic heterocycles. The van der Waals surface area contributed by atoms with Gasteiger partial charge >= 0.3 is 5.97 Å². The zero-order chi connectivity index (χ0) is 32.0. The van der Waals surface area contributed by atoms with Crippen molar-refractivity contribution >= 4 is 35.0 Å². The van der Waals surface area contributed by atoms with Crippen LogP contribution in [0.15, 0.2) is 42.6 Å². The Hall–Kier alpha value is -4.52. The quantitative estimate of drug-likeness (QED) is 0.254. The Morgan fingerprint density at radius 2 is 1.77 bits per heavy atom. The Balaban J connectivity index is 1.65. The fourth-order valence-electron chi connectivity index (χ4n) is 4.79. The minimum absolute atomic E-state index is 0.0213. The van der Waals surface area contributed by atoms with Crippen LogP contribution in [0.5, 0.6) is 5.75 Å². The van der Waals surface area contributed by atoms with Crippen LogP contribution in [-0.2, 0) is 14.3 Å². The molecule has 2 aromatic heterocycles. The number of ether oxygens (including phenoxy) is 3. The van der Waals surface area contributed by atoms with Crippen LogP contribution in [0.3, 0.4) is 0 Å². The number of nitrogens with zero attached hydrogens (tertiary/aromatic N) is 3. The standard InChI is InChI=1S/C31H38F2N6O5/c1-18(14-25(40)44-31(2,3)4)26(19-6-8-21(42-5)9-7-19)37-29-23(32)16-22(27(34)41)28(38-29)36-20-15-24(33)30(35-17-20)39-10-12-43-13-11-39/h6-9,15-18,26H,10-14H2,1-5H3,(H2,34,41)(H2,36,37,38)/t18-,26+/m1/s1. The van der Waals surface area contributed by atoms with Gasteiger partial charge < -0.3 is 35.5 Å². The summed E-state index contributed by atoms with van der Waals surface area (Å²) in [6.07, 6.45) is 1.41. The lowest BCUT2D eigenvalue weighted by atomic mass is 9.91. The molecule has 0 spiro atoms. The molecule has 44 heavy (non-hydrogen) atoms. The number of pyridine rings is 2. The molecule has 1 amide bonds. The molecular weight excluding hydrogens is 574 g/mol. The molecule has 4 N–H and O–H groups in total. The number of primary amides is 1. The third kappa shape index (κ3) is 8.31. The number of nitrogens with two attached hydrogens (primary N) is 1. The number of halogens is 2. The molecule has 13 heteroatoms. The number of anilines is 4. The van der Waals surface area contributed by atoms with Gasteiger partial charge in [0.1, 0.15) is 17.2 Å². The summed E-state index contributed by atoms with van der Waals surface area (Å²) in [6.45, 7) is 9.09. The van der Waals surface area contributed by atoms with Crippen molar-refractivity contribution in [2.24, 2.45) is 11.7 Å². The molecule has 2 atom stereocenters. The average molecular weight is 613 g/mol. The van der Waals surface area contributed by atoms with Gasteiger partial charge in [-0.2, -0.15) is 0 Å². The summed E-state index contributed by atoms with van der Waals surface area (Å²) in [7, 11) is 1.54. The molecule has 0 radical (unpaired) electrons. The van der Waals surface area contributed by atoms with Crippen molar-refractivity contribution in [2.45, 2.75) is 45.8 Å². The Morgan fingerprint density at radius 3 is 2.36 bits per heavy atom. The second-order valence-corrected chi connectivity index (χ2v) is 11.5. The molecule has 1 saturated heterocycles. The minimum atomic E-state index is -0.936. The molecule has 1 fully saturated rings. The predicted octanol–water partition coefficient (Wildman–Crippen LogP) is 4.96. The highest BCUT2D eigenvalue weighted by Crippen LogP contribution is 2.33. The van der Waals surface area contributed by atoms with Gasteiger partial charge in [-0.1, -0.05) is 19.1 Å². The summed E-state index contributed by atoms with van der Waals surface area (Å²) in [5, 5.41) is 5.94. The largest absolute Gasteiger partial charge is 0.497 e. The number of hydrogen-bond donors (Lipinski definition) is 3. The summed E-state index contributed by atoms with van der Waals surface area (Å²) in [4.78, 5) is 35.3. The van der Waals surface area contributed by atoms with E-state index in [0.29, 0.717) is 32.1 Å². The average Bonchev–Trinajstić information content (AvgIpc) is 2.96. The highest BCUT2D eigenvalue weighted by Gasteiger charge is 2.27. The molecule has 0 bridgehead atoms. The SMILES string of the molecule is COc1ccc([C@@H](Nc2nc(Nc3cnc(N4CCOCC4)c(F)c3)c(C(N)=O)cc2F)[C@H](C)CC(=O)OC(C)(C)C)cc1. The first-order valence-electron chi connectivity index (χ1n) is 14.2. The number of methoxy groups -OCH3 is 1. The second kappa shape index (κ2) is 13.8. The third-order valence-corrected chi connectivity index (χ3v) is 6.88. The van der Waals surface area contributed by atoms with Gasteiger partial charge in [0, 0.05) is 19.2 Å². The molecule has 3 heterocycles. The van der Waals surface area contributed by atoms with Gasteiger partial charge in [0.25, 0.3) is 5.91 Å². The zero-order valence-corrected chi connectivity index (χ0v) is 25.4. The third-order valence-electron chi connectivity index (χ3n) is 6.88. The van der Waals surface area contributed by atoms with E-state index >= 15 is 8.78 Å². The summed E-state index contributed by atoms with van der Waals surface area (Å²) in [5.41, 5.74) is 5.52. The first kappa shape index (κ1) is 32.4. The number of esters is 1. The van der Waals surface area contributed by atoms with E-state index in [4.69, 9.17) is 19.9 Å². The second-order valence-electron chi connectivity index (χ2n) is 11.5. The van der Waals surface area contributed by atoms with Crippen LogP contribution in [0.4, 0.5) is 31.9 Å². The van der Waals surface area contributed by atoms with Gasteiger partial charge in [-0.25, -0.2) is 18.7 Å². The van der Waals surface area contributed by atoms with Crippen LogP contribution in [0, 0.1) is 17.6 Å². The predicted molar refractivity (Wildman–Crippen MR) is 162 cm³/mol. The van der Waals surface area contributed by atoms with Crippen molar-refractivity contribution in [3.63, 3.8) is 0 Å². The monoisotopic (exact) mass is 612 g/mol. The van der Waals surface area contributed by atoms with E-state index in [0.717, 1.165) is 11.6 Å². The van der Waals surface area contributed by atoms with E-state index in [9.17, 15) is 9.59 Å². The Labute approximate surface area is 255 Å². The van der Waals surface area contributed by atoms with Gasteiger partial charge in [0.15, 0.2) is 23.3 Å². The number of aromatic nitrogens is 2. The lowest BCUT2D eigenvalue weighted by molar-refractivity contribution is -0.155. The molecule has 4 rings (SSSR count). The fraction of sp³-hybridized carbons (Fsp3) is 0.419. The van der Waals surface area contributed by atoms with Gasteiger partial charge in [-0.15, -0.1) is 0 Å². The summed E-state index contributed by atoms with van der Waals surface area (Å²) >= 11 is 0. The maximum Gasteiger partial charge on any atom is 0.306 e. The highest BCUT2D eigenvalue weighted by atomic mass is 19.1. The lowest BCUT2D eigenvalue weighted by Gasteiger charge is -2.28. The van der Waals surface area contributed by atoms with E-state index < -0.39 is 41.1 Å². The molecule has 0 saturated carbocycles. The number of benzene rings is 1. The Kier molecular flexibility index (Phi) is 10.2. The number of hydrogen-bond acceptors (Lipinski definition) is 10. The first-order chi connectivity index (χ1) is 20.8. The zero-order valence-electron chi connectivity index (χ0n) is 25.4. The van der Waals surface area contributed by atoms with Crippen molar-refractivity contribution in [1.82, 2.24) is 9.97 Å². The summed E-state index contributed by atoms with van der Waals surface area (Å²) in [6, 6.07) is 8.63. The molecule has 0 aliphatic carbocycles. The normalized spacial score (nSPS) is 14.8. The van der Waals surface area contributed by atoms with Crippen molar-refractivity contribution in [3.05, 3.63) is 65.4 Å². The van der Waals surface area contributed by atoms with Crippen LogP contribution < -0.4 is 26.0 Å². The topological polar surface area (TPSA) is 141 Å². The summed E-state index contributed by atoms with van der Waals surface area (Å²) in [5.74, 6) is -2.71. The van der Waals surface area contributed by atoms with Gasteiger partial charge in [0.2, 0.25) is 0 Å². The van der Waals surface area contributed by atoms with E-state index in [2.05, 4.69) is 20.6 Å². The van der Waals surface area contributed by atoms with Crippen molar-refractivity contribution in [1.29, 1.82) is 0 Å². The fourth-order valence-corrected chi connectivity index (χ4v) is 4.79. The van der Waals surface area contributed by atoms with Gasteiger partial charge in [-0.05, 0) is 50.5 Å². The molecule has 1 aliphatic rings. The number of carbonyl (C=O) groups is 2. The number of amides is 1. The molecule has 11 nitrogen and oxygen atoms in total. The van der Waals surface area contributed by atoms with Crippen LogP contribution in [-0.4, -0.2) is 60.9 Å². The smallest absolute Gasteiger partial charge is 0.306 e. The van der Waals surface area contributed by atoms with E-state index in [1.165, 1.54) is 12.3 Å².